The predicted molar refractivity (Wildman–Crippen MR) is 117 cm³/mol. The second kappa shape index (κ2) is 11.5. The summed E-state index contributed by atoms with van der Waals surface area (Å²) in [5.74, 6) is 0.226. The van der Waals surface area contributed by atoms with Gasteiger partial charge in [-0.2, -0.15) is 0 Å². The number of nitrogens with zero attached hydrogens (tertiary/aromatic N) is 2. The highest BCUT2D eigenvalue weighted by molar-refractivity contribution is 5.87. The molecule has 2 aromatic rings. The maximum atomic E-state index is 13.0. The minimum absolute atomic E-state index is 0.0192. The standard InChI is InChI=1S/C22H27N3O7/c1-5-23-22(27)15(2)24(13-16-6-8-17(30-3)9-7-16)21(26)14-32-18-10-11-19(25(28)29)20(12-18)31-4/h6-12,15H,5,13-14H2,1-4H3,(H,23,27)/t15-/m1/s1. The number of nitrogens with one attached hydrogen (secondary N) is 1. The molecule has 0 aliphatic heterocycles. The molecule has 172 valence electrons. The van der Waals surface area contributed by atoms with Gasteiger partial charge in [-0.1, -0.05) is 12.1 Å². The van der Waals surface area contributed by atoms with E-state index < -0.39 is 16.9 Å². The number of ether oxygens (including phenoxy) is 3. The molecule has 0 saturated heterocycles. The van der Waals surface area contributed by atoms with Crippen LogP contribution in [0.25, 0.3) is 0 Å². The van der Waals surface area contributed by atoms with Crippen LogP contribution in [0.1, 0.15) is 19.4 Å². The third kappa shape index (κ3) is 6.34. The first-order valence-electron chi connectivity index (χ1n) is 9.96. The Hall–Kier alpha value is -3.82. The Morgan fingerprint density at radius 2 is 1.75 bits per heavy atom. The van der Waals surface area contributed by atoms with Crippen LogP contribution in [0, 0.1) is 10.1 Å². The summed E-state index contributed by atoms with van der Waals surface area (Å²) in [6.07, 6.45) is 0. The zero-order chi connectivity index (χ0) is 23.7. The van der Waals surface area contributed by atoms with Gasteiger partial charge >= 0.3 is 5.69 Å². The Morgan fingerprint density at radius 3 is 2.31 bits per heavy atom. The molecule has 2 aromatic carbocycles. The van der Waals surface area contributed by atoms with Crippen molar-refractivity contribution in [2.24, 2.45) is 0 Å². The van der Waals surface area contributed by atoms with Crippen molar-refractivity contribution in [1.29, 1.82) is 0 Å². The fraction of sp³-hybridized carbons (Fsp3) is 0.364. The summed E-state index contributed by atoms with van der Waals surface area (Å²) in [7, 11) is 2.87. The minimum atomic E-state index is -0.737. The molecule has 2 amide bonds. The molecular weight excluding hydrogens is 418 g/mol. The van der Waals surface area contributed by atoms with Gasteiger partial charge in [0, 0.05) is 25.2 Å². The Morgan fingerprint density at radius 1 is 1.09 bits per heavy atom. The van der Waals surface area contributed by atoms with Gasteiger partial charge in [-0.15, -0.1) is 0 Å². The summed E-state index contributed by atoms with van der Waals surface area (Å²) >= 11 is 0. The lowest BCUT2D eigenvalue weighted by Crippen LogP contribution is -2.49. The van der Waals surface area contributed by atoms with Crippen molar-refractivity contribution in [3.63, 3.8) is 0 Å². The van der Waals surface area contributed by atoms with Crippen molar-refractivity contribution in [3.8, 4) is 17.2 Å². The number of hydrogen-bond acceptors (Lipinski definition) is 7. The highest BCUT2D eigenvalue weighted by Crippen LogP contribution is 2.30. The molecule has 0 spiro atoms. The predicted octanol–water partition coefficient (Wildman–Crippen LogP) is 2.54. The van der Waals surface area contributed by atoms with E-state index in [0.29, 0.717) is 12.3 Å². The normalized spacial score (nSPS) is 11.2. The highest BCUT2D eigenvalue weighted by Gasteiger charge is 2.26. The molecule has 1 N–H and O–H groups in total. The molecule has 0 saturated carbocycles. The van der Waals surface area contributed by atoms with Crippen molar-refractivity contribution >= 4 is 17.5 Å². The first-order chi connectivity index (χ1) is 15.3. The van der Waals surface area contributed by atoms with E-state index in [1.54, 1.807) is 33.1 Å². The van der Waals surface area contributed by atoms with Gasteiger partial charge in [-0.3, -0.25) is 19.7 Å². The molecule has 0 radical (unpaired) electrons. The Balaban J connectivity index is 2.17. The van der Waals surface area contributed by atoms with E-state index in [2.05, 4.69) is 5.32 Å². The largest absolute Gasteiger partial charge is 0.497 e. The zero-order valence-corrected chi connectivity index (χ0v) is 18.5. The lowest BCUT2D eigenvalue weighted by molar-refractivity contribution is -0.385. The van der Waals surface area contributed by atoms with Crippen molar-refractivity contribution in [2.45, 2.75) is 26.4 Å². The summed E-state index contributed by atoms with van der Waals surface area (Å²) in [5, 5.41) is 13.7. The molecule has 1 atom stereocenters. The number of carbonyl (C=O) groups excluding carboxylic acids is 2. The van der Waals surface area contributed by atoms with E-state index >= 15 is 0 Å². The van der Waals surface area contributed by atoms with Gasteiger partial charge in [0.1, 0.15) is 17.5 Å². The van der Waals surface area contributed by atoms with Gasteiger partial charge in [0.15, 0.2) is 6.61 Å². The van der Waals surface area contributed by atoms with Gasteiger partial charge in [0.05, 0.1) is 19.1 Å². The summed E-state index contributed by atoms with van der Waals surface area (Å²) in [6, 6.07) is 10.4. The van der Waals surface area contributed by atoms with Crippen molar-refractivity contribution in [2.75, 3.05) is 27.4 Å². The molecule has 0 aromatic heterocycles. The number of methoxy groups -OCH3 is 2. The molecule has 0 bridgehead atoms. The van der Waals surface area contributed by atoms with Crippen LogP contribution in [0.5, 0.6) is 17.2 Å². The van der Waals surface area contributed by atoms with Gasteiger partial charge < -0.3 is 24.4 Å². The van der Waals surface area contributed by atoms with E-state index in [4.69, 9.17) is 14.2 Å². The minimum Gasteiger partial charge on any atom is -0.497 e. The van der Waals surface area contributed by atoms with Crippen LogP contribution in [0.4, 0.5) is 5.69 Å². The third-order valence-corrected chi connectivity index (χ3v) is 4.74. The maximum absolute atomic E-state index is 13.0. The van der Waals surface area contributed by atoms with Crippen LogP contribution in [0.15, 0.2) is 42.5 Å². The van der Waals surface area contributed by atoms with Gasteiger partial charge in [-0.25, -0.2) is 0 Å². The van der Waals surface area contributed by atoms with Gasteiger partial charge in [-0.05, 0) is 37.6 Å². The number of rotatable bonds is 11. The number of hydrogen-bond donors (Lipinski definition) is 1. The first-order valence-corrected chi connectivity index (χ1v) is 9.96. The molecule has 2 rings (SSSR count). The van der Waals surface area contributed by atoms with Gasteiger partial charge in [0.25, 0.3) is 5.91 Å². The van der Waals surface area contributed by atoms with Crippen LogP contribution in [-0.2, 0) is 16.1 Å². The Bertz CT molecular complexity index is 947. The summed E-state index contributed by atoms with van der Waals surface area (Å²) < 4.78 is 15.7. The van der Waals surface area contributed by atoms with Crippen LogP contribution in [0.3, 0.4) is 0 Å². The molecule has 10 heteroatoms. The number of nitro benzene ring substituents is 1. The van der Waals surface area contributed by atoms with Crippen molar-refractivity contribution in [3.05, 3.63) is 58.1 Å². The third-order valence-electron chi connectivity index (χ3n) is 4.74. The molecule has 0 unspecified atom stereocenters. The number of nitro groups is 1. The van der Waals surface area contributed by atoms with E-state index in [1.165, 1.54) is 30.2 Å². The molecule has 0 aliphatic carbocycles. The topological polar surface area (TPSA) is 120 Å². The number of amides is 2. The molecule has 0 aliphatic rings. The summed E-state index contributed by atoms with van der Waals surface area (Å²) in [5.41, 5.74) is 0.601. The highest BCUT2D eigenvalue weighted by atomic mass is 16.6. The monoisotopic (exact) mass is 445 g/mol. The quantitative estimate of drug-likeness (QED) is 0.417. The maximum Gasteiger partial charge on any atom is 0.311 e. The van der Waals surface area contributed by atoms with Crippen LogP contribution >= 0.6 is 0 Å². The molecule has 10 nitrogen and oxygen atoms in total. The zero-order valence-electron chi connectivity index (χ0n) is 18.5. The smallest absolute Gasteiger partial charge is 0.311 e. The van der Waals surface area contributed by atoms with Crippen LogP contribution in [-0.4, -0.2) is 55.1 Å². The van der Waals surface area contributed by atoms with E-state index in [0.717, 1.165) is 5.56 Å². The van der Waals surface area contributed by atoms with E-state index in [9.17, 15) is 19.7 Å². The van der Waals surface area contributed by atoms with Crippen LogP contribution < -0.4 is 19.5 Å². The van der Waals surface area contributed by atoms with E-state index in [1.807, 2.05) is 12.1 Å². The molecule has 0 heterocycles. The molecular formula is C22H27N3O7. The molecule has 32 heavy (non-hydrogen) atoms. The average molecular weight is 445 g/mol. The summed E-state index contributed by atoms with van der Waals surface area (Å²) in [6.45, 7) is 3.70. The number of benzene rings is 2. The fourth-order valence-electron chi connectivity index (χ4n) is 2.96. The number of likely N-dealkylation sites (N-methyl/N-ethyl adjacent to an activating group) is 1. The second-order valence-electron chi connectivity index (χ2n) is 6.82. The summed E-state index contributed by atoms with van der Waals surface area (Å²) in [4.78, 5) is 37.2. The van der Waals surface area contributed by atoms with E-state index in [-0.39, 0.29) is 36.2 Å². The Labute approximate surface area is 186 Å². The second-order valence-corrected chi connectivity index (χ2v) is 6.82. The SMILES string of the molecule is CCNC(=O)[C@@H](C)N(Cc1ccc(OC)cc1)C(=O)COc1ccc([N+](=O)[O-])c(OC)c1. The Kier molecular flexibility index (Phi) is 8.82. The van der Waals surface area contributed by atoms with Crippen molar-refractivity contribution < 1.29 is 28.7 Å². The lowest BCUT2D eigenvalue weighted by atomic mass is 10.1. The van der Waals surface area contributed by atoms with Crippen LogP contribution in [0.2, 0.25) is 0 Å². The van der Waals surface area contributed by atoms with Gasteiger partial charge in [0.2, 0.25) is 11.7 Å². The van der Waals surface area contributed by atoms with Crippen molar-refractivity contribution in [1.82, 2.24) is 10.2 Å². The lowest BCUT2D eigenvalue weighted by Gasteiger charge is -2.28. The average Bonchev–Trinajstić information content (AvgIpc) is 2.80. The number of carbonyl (C=O) groups is 2. The first kappa shape index (κ1) is 24.4. The fourth-order valence-corrected chi connectivity index (χ4v) is 2.96. The molecule has 0 fully saturated rings.